The number of carboxylic acid groups (broad SMARTS) is 1. The second-order valence-electron chi connectivity index (χ2n) is 6.83. The van der Waals surface area contributed by atoms with E-state index in [2.05, 4.69) is 0 Å². The molecule has 0 spiro atoms. The molecule has 1 N–H and O–H groups in total. The molecule has 7 nitrogen and oxygen atoms in total. The maximum Gasteiger partial charge on any atom is 0.308 e. The van der Waals surface area contributed by atoms with Crippen molar-refractivity contribution in [1.82, 2.24) is 9.80 Å². The summed E-state index contributed by atoms with van der Waals surface area (Å²) in [6.45, 7) is 1.71. The molecule has 3 atom stereocenters. The molecule has 1 aliphatic heterocycles. The molecule has 3 unspecified atom stereocenters. The van der Waals surface area contributed by atoms with Gasteiger partial charge in [0.1, 0.15) is 5.75 Å². The Bertz CT molecular complexity index is 673. The Morgan fingerprint density at radius 3 is 2.50 bits per heavy atom. The van der Waals surface area contributed by atoms with Crippen molar-refractivity contribution in [3.05, 3.63) is 29.8 Å². The molecular weight excluding hydrogens is 336 g/mol. The van der Waals surface area contributed by atoms with Crippen LogP contribution in [0.25, 0.3) is 0 Å². The van der Waals surface area contributed by atoms with Crippen LogP contribution in [0.1, 0.15) is 31.4 Å². The lowest BCUT2D eigenvalue weighted by atomic mass is 9.83. The van der Waals surface area contributed by atoms with Crippen molar-refractivity contribution in [3.8, 4) is 5.75 Å². The predicted octanol–water partition coefficient (Wildman–Crippen LogP) is 1.78. The molecule has 1 aromatic rings. The molecule has 0 radical (unpaired) electrons. The van der Waals surface area contributed by atoms with Gasteiger partial charge in [0.05, 0.1) is 25.0 Å². The summed E-state index contributed by atoms with van der Waals surface area (Å²) in [6, 6.07) is 6.95. The number of carbonyl (C=O) groups excluding carboxylic acids is 2. The molecule has 1 aliphatic rings. The number of carbonyl (C=O) groups is 3. The minimum absolute atomic E-state index is 0.00331. The third-order valence-corrected chi connectivity index (χ3v) is 4.98. The molecule has 26 heavy (non-hydrogen) atoms. The lowest BCUT2D eigenvalue weighted by molar-refractivity contribution is -0.147. The van der Waals surface area contributed by atoms with Gasteiger partial charge in [0, 0.05) is 27.1 Å². The first-order valence-corrected chi connectivity index (χ1v) is 8.63. The van der Waals surface area contributed by atoms with Crippen molar-refractivity contribution in [2.24, 2.45) is 11.8 Å². The van der Waals surface area contributed by atoms with Gasteiger partial charge in [-0.25, -0.2) is 0 Å². The van der Waals surface area contributed by atoms with Crippen molar-refractivity contribution in [3.63, 3.8) is 0 Å². The Labute approximate surface area is 153 Å². The van der Waals surface area contributed by atoms with E-state index in [0.717, 1.165) is 5.56 Å². The quantitative estimate of drug-likeness (QED) is 0.834. The summed E-state index contributed by atoms with van der Waals surface area (Å²) < 4.78 is 5.17. The first kappa shape index (κ1) is 19.8. The lowest BCUT2D eigenvalue weighted by Gasteiger charge is -2.40. The second-order valence-corrected chi connectivity index (χ2v) is 6.83. The second kappa shape index (κ2) is 8.21. The molecular formula is C19H26N2O5. The van der Waals surface area contributed by atoms with Crippen LogP contribution < -0.4 is 4.74 Å². The van der Waals surface area contributed by atoms with Crippen molar-refractivity contribution in [2.75, 3.05) is 27.7 Å². The molecule has 2 rings (SSSR count). The summed E-state index contributed by atoms with van der Waals surface area (Å²) in [4.78, 5) is 39.3. The van der Waals surface area contributed by atoms with Crippen LogP contribution in [-0.4, -0.2) is 60.4 Å². The Kier molecular flexibility index (Phi) is 6.23. The van der Waals surface area contributed by atoms with E-state index < -0.39 is 17.8 Å². The van der Waals surface area contributed by atoms with E-state index in [1.165, 1.54) is 4.90 Å². The van der Waals surface area contributed by atoms with E-state index in [-0.39, 0.29) is 24.4 Å². The first-order chi connectivity index (χ1) is 12.3. The molecule has 142 valence electrons. The van der Waals surface area contributed by atoms with Gasteiger partial charge >= 0.3 is 5.97 Å². The summed E-state index contributed by atoms with van der Waals surface area (Å²) in [7, 11) is 4.90. The molecule has 0 bridgehead atoms. The van der Waals surface area contributed by atoms with E-state index >= 15 is 0 Å². The van der Waals surface area contributed by atoms with Gasteiger partial charge in [-0.3, -0.25) is 14.4 Å². The third kappa shape index (κ3) is 4.15. The number of hydrogen-bond acceptors (Lipinski definition) is 4. The summed E-state index contributed by atoms with van der Waals surface area (Å²) in [5, 5.41) is 9.08. The number of aliphatic carboxylic acids is 1. The van der Waals surface area contributed by atoms with Crippen molar-refractivity contribution >= 4 is 17.8 Å². The Morgan fingerprint density at radius 2 is 1.96 bits per heavy atom. The maximum absolute atomic E-state index is 13.0. The zero-order valence-electron chi connectivity index (χ0n) is 15.6. The number of amides is 2. The molecule has 1 saturated heterocycles. The zero-order valence-corrected chi connectivity index (χ0v) is 15.6. The van der Waals surface area contributed by atoms with Gasteiger partial charge in [-0.2, -0.15) is 0 Å². The van der Waals surface area contributed by atoms with Crippen LogP contribution in [-0.2, 0) is 14.4 Å². The summed E-state index contributed by atoms with van der Waals surface area (Å²) in [5.41, 5.74) is 0.861. The number of rotatable bonds is 6. The lowest BCUT2D eigenvalue weighted by Crippen LogP contribution is -2.47. The van der Waals surface area contributed by atoms with Crippen LogP contribution in [0.4, 0.5) is 0 Å². The highest BCUT2D eigenvalue weighted by Gasteiger charge is 2.40. The molecule has 0 aliphatic carbocycles. The monoisotopic (exact) mass is 362 g/mol. The van der Waals surface area contributed by atoms with Gasteiger partial charge in [-0.15, -0.1) is 0 Å². The standard InChI is InChI=1S/C19H26N2O5/c1-12(19(24)25)11-20(2)18(23)15-9-10-16(22)21(3)17(15)13-5-7-14(26-4)8-6-13/h5-8,12,15,17H,9-11H2,1-4H3,(H,24,25). The fourth-order valence-corrected chi connectivity index (χ4v) is 3.42. The van der Waals surface area contributed by atoms with E-state index in [4.69, 9.17) is 9.84 Å². The molecule has 1 heterocycles. The largest absolute Gasteiger partial charge is 0.497 e. The summed E-state index contributed by atoms with van der Waals surface area (Å²) in [5.74, 6) is -1.43. The summed E-state index contributed by atoms with van der Waals surface area (Å²) >= 11 is 0. The number of likely N-dealkylation sites (tertiary alicyclic amines) is 1. The molecule has 7 heteroatoms. The van der Waals surface area contributed by atoms with Gasteiger partial charge in [0.2, 0.25) is 11.8 Å². The van der Waals surface area contributed by atoms with E-state index in [1.807, 2.05) is 12.1 Å². The van der Waals surface area contributed by atoms with Crippen LogP contribution in [0.2, 0.25) is 0 Å². The van der Waals surface area contributed by atoms with Gasteiger partial charge in [-0.1, -0.05) is 19.1 Å². The highest BCUT2D eigenvalue weighted by Crippen LogP contribution is 2.37. The van der Waals surface area contributed by atoms with E-state index in [9.17, 15) is 14.4 Å². The van der Waals surface area contributed by atoms with Crippen molar-refractivity contribution < 1.29 is 24.2 Å². The predicted molar refractivity (Wildman–Crippen MR) is 95.7 cm³/mol. The number of nitrogens with zero attached hydrogens (tertiary/aromatic N) is 2. The minimum atomic E-state index is -0.938. The number of ether oxygens (including phenoxy) is 1. The first-order valence-electron chi connectivity index (χ1n) is 8.63. The van der Waals surface area contributed by atoms with Crippen LogP contribution >= 0.6 is 0 Å². The average Bonchev–Trinajstić information content (AvgIpc) is 2.63. The Morgan fingerprint density at radius 1 is 1.35 bits per heavy atom. The van der Waals surface area contributed by atoms with Gasteiger partial charge in [0.25, 0.3) is 0 Å². The number of carboxylic acids is 1. The van der Waals surface area contributed by atoms with E-state index in [1.54, 1.807) is 45.2 Å². The third-order valence-electron chi connectivity index (χ3n) is 4.98. The van der Waals surface area contributed by atoms with Crippen LogP contribution in [0.3, 0.4) is 0 Å². The van der Waals surface area contributed by atoms with Crippen molar-refractivity contribution in [2.45, 2.75) is 25.8 Å². The van der Waals surface area contributed by atoms with Crippen molar-refractivity contribution in [1.29, 1.82) is 0 Å². The SMILES string of the molecule is COc1ccc(C2C(C(=O)N(C)CC(C)C(=O)O)CCC(=O)N2C)cc1. The fourth-order valence-electron chi connectivity index (χ4n) is 3.42. The number of benzene rings is 1. The average molecular weight is 362 g/mol. The fraction of sp³-hybridized carbons (Fsp3) is 0.526. The number of methoxy groups -OCH3 is 1. The number of piperidine rings is 1. The molecule has 0 aromatic heterocycles. The van der Waals surface area contributed by atoms with Gasteiger partial charge in [-0.05, 0) is 24.1 Å². The van der Waals surface area contributed by atoms with Crippen LogP contribution in [0.15, 0.2) is 24.3 Å². The molecule has 2 amide bonds. The zero-order chi connectivity index (χ0) is 19.4. The van der Waals surface area contributed by atoms with Crippen LogP contribution in [0.5, 0.6) is 5.75 Å². The summed E-state index contributed by atoms with van der Waals surface area (Å²) in [6.07, 6.45) is 0.756. The normalized spacial score (nSPS) is 21.2. The Hall–Kier alpha value is -2.57. The number of hydrogen-bond donors (Lipinski definition) is 1. The smallest absolute Gasteiger partial charge is 0.308 e. The molecule has 0 saturated carbocycles. The molecule has 1 fully saturated rings. The Balaban J connectivity index is 2.26. The minimum Gasteiger partial charge on any atom is -0.497 e. The molecule has 1 aromatic carbocycles. The van der Waals surface area contributed by atoms with Gasteiger partial charge < -0.3 is 19.6 Å². The van der Waals surface area contributed by atoms with E-state index in [0.29, 0.717) is 18.6 Å². The topological polar surface area (TPSA) is 87.1 Å². The van der Waals surface area contributed by atoms with Gasteiger partial charge in [0.15, 0.2) is 0 Å². The van der Waals surface area contributed by atoms with Crippen LogP contribution in [0, 0.1) is 11.8 Å². The highest BCUT2D eigenvalue weighted by atomic mass is 16.5. The highest BCUT2D eigenvalue weighted by molar-refractivity contribution is 5.85. The maximum atomic E-state index is 13.0.